The van der Waals surface area contributed by atoms with E-state index in [1.807, 2.05) is 30.6 Å². The normalized spacial score (nSPS) is 10.7. The van der Waals surface area contributed by atoms with E-state index >= 15 is 0 Å². The van der Waals surface area contributed by atoms with Crippen LogP contribution in [-0.4, -0.2) is 9.55 Å². The van der Waals surface area contributed by atoms with Gasteiger partial charge in [-0.1, -0.05) is 15.9 Å². The molecule has 0 aliphatic rings. The summed E-state index contributed by atoms with van der Waals surface area (Å²) >= 11 is 5.12. The summed E-state index contributed by atoms with van der Waals surface area (Å²) < 4.78 is 3.15. The summed E-state index contributed by atoms with van der Waals surface area (Å²) in [7, 11) is 0. The van der Waals surface area contributed by atoms with E-state index in [1.165, 1.54) is 0 Å². The highest BCUT2D eigenvalue weighted by Crippen LogP contribution is 2.29. The molecule has 90 valence electrons. The Morgan fingerprint density at radius 3 is 3.00 bits per heavy atom. The molecule has 5 heteroatoms. The fourth-order valence-corrected chi connectivity index (χ4v) is 2.85. The fraction of sp³-hybridized carbons (Fsp3) is 0.250. The Balaban J connectivity index is 2.07. The quantitative estimate of drug-likeness (QED) is 0.694. The highest BCUT2D eigenvalue weighted by atomic mass is 79.9. The molecule has 1 heterocycles. The van der Waals surface area contributed by atoms with Crippen LogP contribution in [0.5, 0.6) is 0 Å². The summed E-state index contributed by atoms with van der Waals surface area (Å²) in [6.45, 7) is 3.07. The maximum absolute atomic E-state index is 5.95. The van der Waals surface area contributed by atoms with Crippen LogP contribution in [0.1, 0.15) is 12.7 Å². The van der Waals surface area contributed by atoms with E-state index < -0.39 is 0 Å². The number of aromatic nitrogens is 2. The van der Waals surface area contributed by atoms with E-state index in [4.69, 9.17) is 5.73 Å². The van der Waals surface area contributed by atoms with Crippen LogP contribution in [-0.2, 0) is 12.3 Å². The van der Waals surface area contributed by atoms with E-state index in [0.717, 1.165) is 33.2 Å². The zero-order valence-electron chi connectivity index (χ0n) is 9.56. The number of aryl methyl sites for hydroxylation is 1. The lowest BCUT2D eigenvalue weighted by Crippen LogP contribution is -1.99. The average molecular weight is 312 g/mol. The van der Waals surface area contributed by atoms with Crippen LogP contribution in [0.4, 0.5) is 5.69 Å². The van der Waals surface area contributed by atoms with Crippen molar-refractivity contribution in [2.45, 2.75) is 24.1 Å². The molecule has 0 saturated carbocycles. The smallest absolute Gasteiger partial charge is 0.119 e. The van der Waals surface area contributed by atoms with Crippen LogP contribution in [0.25, 0.3) is 0 Å². The number of thioether (sulfide) groups is 1. The summed E-state index contributed by atoms with van der Waals surface area (Å²) in [5.41, 5.74) is 6.76. The van der Waals surface area contributed by atoms with Gasteiger partial charge in [0, 0.05) is 34.0 Å². The fourth-order valence-electron chi connectivity index (χ4n) is 1.56. The predicted molar refractivity (Wildman–Crippen MR) is 76.0 cm³/mol. The van der Waals surface area contributed by atoms with Gasteiger partial charge < -0.3 is 10.3 Å². The first-order valence-corrected chi connectivity index (χ1v) is 7.16. The standard InChI is InChI=1S/C12H14BrN3S/c1-2-16-6-5-15-12(16)8-17-11-4-3-9(13)7-10(11)14/h3-7H,2,8,14H2,1H3. The maximum atomic E-state index is 5.95. The predicted octanol–water partition coefficient (Wildman–Crippen LogP) is 3.54. The van der Waals surface area contributed by atoms with Crippen LogP contribution in [0.2, 0.25) is 0 Å². The van der Waals surface area contributed by atoms with Gasteiger partial charge in [-0.05, 0) is 25.1 Å². The molecule has 3 nitrogen and oxygen atoms in total. The summed E-state index contributed by atoms with van der Waals surface area (Å²) in [6, 6.07) is 5.96. The van der Waals surface area contributed by atoms with Crippen molar-refractivity contribution in [3.63, 3.8) is 0 Å². The number of nitrogens with zero attached hydrogens (tertiary/aromatic N) is 2. The van der Waals surface area contributed by atoms with Crippen LogP contribution >= 0.6 is 27.7 Å². The molecule has 0 amide bonds. The van der Waals surface area contributed by atoms with Crippen molar-refractivity contribution in [2.24, 2.45) is 0 Å². The third-order valence-corrected chi connectivity index (χ3v) is 4.05. The summed E-state index contributed by atoms with van der Waals surface area (Å²) in [6.07, 6.45) is 3.84. The second-order valence-corrected chi connectivity index (χ2v) is 5.53. The first-order valence-electron chi connectivity index (χ1n) is 5.38. The van der Waals surface area contributed by atoms with Crippen molar-refractivity contribution in [3.05, 3.63) is 40.9 Å². The Morgan fingerprint density at radius 2 is 2.29 bits per heavy atom. The van der Waals surface area contributed by atoms with E-state index in [9.17, 15) is 0 Å². The second kappa shape index (κ2) is 5.60. The number of nitrogen functional groups attached to an aromatic ring is 1. The molecule has 0 unspecified atom stereocenters. The molecule has 2 rings (SSSR count). The number of halogens is 1. The zero-order valence-corrected chi connectivity index (χ0v) is 12.0. The first kappa shape index (κ1) is 12.5. The molecule has 1 aromatic heterocycles. The van der Waals surface area contributed by atoms with Gasteiger partial charge in [-0.3, -0.25) is 0 Å². The van der Waals surface area contributed by atoms with Gasteiger partial charge in [0.05, 0.1) is 5.75 Å². The number of benzene rings is 1. The van der Waals surface area contributed by atoms with Gasteiger partial charge in [-0.2, -0.15) is 0 Å². The molecular formula is C12H14BrN3S. The molecule has 0 radical (unpaired) electrons. The third-order valence-electron chi connectivity index (χ3n) is 2.47. The van der Waals surface area contributed by atoms with Gasteiger partial charge in [0.15, 0.2) is 0 Å². The second-order valence-electron chi connectivity index (χ2n) is 3.60. The summed E-state index contributed by atoms with van der Waals surface area (Å²) in [4.78, 5) is 5.44. The van der Waals surface area contributed by atoms with Gasteiger partial charge >= 0.3 is 0 Å². The van der Waals surface area contributed by atoms with E-state index in [1.54, 1.807) is 11.8 Å². The Morgan fingerprint density at radius 1 is 1.47 bits per heavy atom. The lowest BCUT2D eigenvalue weighted by atomic mass is 10.3. The van der Waals surface area contributed by atoms with Crippen LogP contribution in [0.3, 0.4) is 0 Å². The Kier molecular flexibility index (Phi) is 4.12. The van der Waals surface area contributed by atoms with Gasteiger partial charge in [-0.25, -0.2) is 4.98 Å². The van der Waals surface area contributed by atoms with Crippen molar-refractivity contribution in [1.29, 1.82) is 0 Å². The van der Waals surface area contributed by atoms with Gasteiger partial charge in [-0.15, -0.1) is 11.8 Å². The maximum Gasteiger partial charge on any atom is 0.119 e. The lowest BCUT2D eigenvalue weighted by molar-refractivity contribution is 0.726. The molecule has 2 aromatic rings. The number of hydrogen-bond acceptors (Lipinski definition) is 3. The minimum Gasteiger partial charge on any atom is -0.398 e. The number of anilines is 1. The minimum atomic E-state index is 0.805. The highest BCUT2D eigenvalue weighted by Gasteiger charge is 2.05. The Bertz CT molecular complexity index is 510. The molecule has 0 fully saturated rings. The van der Waals surface area contributed by atoms with Crippen molar-refractivity contribution in [1.82, 2.24) is 9.55 Å². The van der Waals surface area contributed by atoms with Crippen molar-refractivity contribution in [3.8, 4) is 0 Å². The van der Waals surface area contributed by atoms with E-state index in [-0.39, 0.29) is 0 Å². The molecule has 0 aliphatic carbocycles. The third kappa shape index (κ3) is 3.04. The molecule has 0 atom stereocenters. The van der Waals surface area contributed by atoms with Crippen molar-refractivity contribution in [2.75, 3.05) is 5.73 Å². The molecule has 17 heavy (non-hydrogen) atoms. The number of imidazole rings is 1. The largest absolute Gasteiger partial charge is 0.398 e. The average Bonchev–Trinajstić information content (AvgIpc) is 2.75. The molecule has 0 bridgehead atoms. The Hall–Kier alpha value is -0.940. The highest BCUT2D eigenvalue weighted by molar-refractivity contribution is 9.10. The minimum absolute atomic E-state index is 0.805. The molecule has 0 aliphatic heterocycles. The molecule has 0 spiro atoms. The summed E-state index contributed by atoms with van der Waals surface area (Å²) in [5, 5.41) is 0. The van der Waals surface area contributed by atoms with Crippen LogP contribution in [0, 0.1) is 0 Å². The van der Waals surface area contributed by atoms with Gasteiger partial charge in [0.25, 0.3) is 0 Å². The number of nitrogens with two attached hydrogens (primary N) is 1. The van der Waals surface area contributed by atoms with Crippen LogP contribution in [0.15, 0.2) is 40.0 Å². The monoisotopic (exact) mass is 311 g/mol. The molecule has 0 saturated heterocycles. The molecule has 2 N–H and O–H groups in total. The number of hydrogen-bond donors (Lipinski definition) is 1. The Labute approximate surface area is 114 Å². The van der Waals surface area contributed by atoms with E-state index in [0.29, 0.717) is 0 Å². The van der Waals surface area contributed by atoms with Gasteiger partial charge in [0.2, 0.25) is 0 Å². The summed E-state index contributed by atoms with van der Waals surface area (Å²) in [5.74, 6) is 1.92. The molecule has 1 aromatic carbocycles. The zero-order chi connectivity index (χ0) is 12.3. The molecular weight excluding hydrogens is 298 g/mol. The van der Waals surface area contributed by atoms with Gasteiger partial charge in [0.1, 0.15) is 5.82 Å². The first-order chi connectivity index (χ1) is 8.20. The van der Waals surface area contributed by atoms with Crippen LogP contribution < -0.4 is 5.73 Å². The topological polar surface area (TPSA) is 43.8 Å². The van der Waals surface area contributed by atoms with Crippen molar-refractivity contribution >= 4 is 33.4 Å². The lowest BCUT2D eigenvalue weighted by Gasteiger charge is -2.07. The SMILES string of the molecule is CCn1ccnc1CSc1ccc(Br)cc1N. The van der Waals surface area contributed by atoms with E-state index in [2.05, 4.69) is 32.4 Å². The number of rotatable bonds is 4. The van der Waals surface area contributed by atoms with Crippen molar-refractivity contribution < 1.29 is 0 Å².